The van der Waals surface area contributed by atoms with Crippen molar-refractivity contribution in [2.45, 2.75) is 13.1 Å². The Morgan fingerprint density at radius 1 is 1.17 bits per heavy atom. The molecule has 0 aliphatic rings. The van der Waals surface area contributed by atoms with Gasteiger partial charge in [0.25, 0.3) is 0 Å². The molecule has 1 N–H and O–H groups in total. The molecule has 0 unspecified atom stereocenters. The number of nitrogens with zero attached hydrogens (tertiary/aromatic N) is 2. The Balaban J connectivity index is 1.57. The second-order valence-electron chi connectivity index (χ2n) is 4.18. The molecule has 0 spiro atoms. The number of fused-ring (bicyclic) bond motifs is 1. The Kier molecular flexibility index (Phi) is 3.39. The largest absolute Gasteiger partial charge is 0.310 e. The number of hydrogen-bond acceptors (Lipinski definition) is 3. The molecule has 0 aliphatic carbocycles. The smallest absolute Gasteiger partial charge is 0.0682 e. The fourth-order valence-corrected chi connectivity index (χ4v) is 2.69. The number of para-hydroxylation sites is 1. The van der Waals surface area contributed by atoms with E-state index in [-0.39, 0.29) is 0 Å². The summed E-state index contributed by atoms with van der Waals surface area (Å²) >= 11 is 1.79. The highest BCUT2D eigenvalue weighted by molar-refractivity contribution is 7.09. The second-order valence-corrected chi connectivity index (χ2v) is 5.21. The predicted octanol–water partition coefficient (Wildman–Crippen LogP) is 2.89. The summed E-state index contributed by atoms with van der Waals surface area (Å²) in [4.78, 5) is 1.38. The summed E-state index contributed by atoms with van der Waals surface area (Å²) in [5.74, 6) is 0. The van der Waals surface area contributed by atoms with Crippen LogP contribution in [0.1, 0.15) is 4.88 Å². The third-order valence-corrected chi connectivity index (χ3v) is 3.81. The number of rotatable bonds is 5. The lowest BCUT2D eigenvalue weighted by molar-refractivity contribution is 0.569. The SMILES string of the molecule is c1csc(CNCCn2ncc3ccccc32)c1. The molecule has 0 saturated heterocycles. The number of aromatic nitrogens is 2. The van der Waals surface area contributed by atoms with Crippen LogP contribution >= 0.6 is 11.3 Å². The quantitative estimate of drug-likeness (QED) is 0.712. The van der Waals surface area contributed by atoms with Crippen molar-refractivity contribution in [1.82, 2.24) is 15.1 Å². The molecule has 3 aromatic rings. The Hall–Kier alpha value is -1.65. The molecular weight excluding hydrogens is 242 g/mol. The van der Waals surface area contributed by atoms with E-state index in [1.54, 1.807) is 11.3 Å². The molecule has 92 valence electrons. The van der Waals surface area contributed by atoms with Gasteiger partial charge in [0.05, 0.1) is 18.3 Å². The first-order valence-corrected chi connectivity index (χ1v) is 6.95. The third kappa shape index (κ3) is 2.44. The molecule has 2 heterocycles. The van der Waals surface area contributed by atoms with Crippen molar-refractivity contribution in [2.24, 2.45) is 0 Å². The molecule has 0 atom stereocenters. The summed E-state index contributed by atoms with van der Waals surface area (Å²) in [5, 5.41) is 11.2. The molecule has 1 aromatic carbocycles. The minimum absolute atomic E-state index is 0.902. The van der Waals surface area contributed by atoms with Crippen LogP contribution in [0.5, 0.6) is 0 Å². The van der Waals surface area contributed by atoms with Gasteiger partial charge in [-0.2, -0.15) is 5.10 Å². The molecule has 0 radical (unpaired) electrons. The van der Waals surface area contributed by atoms with E-state index in [9.17, 15) is 0 Å². The van der Waals surface area contributed by atoms with E-state index in [0.717, 1.165) is 19.6 Å². The molecule has 4 heteroatoms. The Morgan fingerprint density at radius 3 is 3.00 bits per heavy atom. The number of thiophene rings is 1. The van der Waals surface area contributed by atoms with E-state index >= 15 is 0 Å². The fourth-order valence-electron chi connectivity index (χ4n) is 2.01. The number of nitrogens with one attached hydrogen (secondary N) is 1. The van der Waals surface area contributed by atoms with Gasteiger partial charge in [-0.25, -0.2) is 0 Å². The summed E-state index contributed by atoms with van der Waals surface area (Å²) in [6.07, 6.45) is 1.93. The summed E-state index contributed by atoms with van der Waals surface area (Å²) in [6, 6.07) is 12.5. The second kappa shape index (κ2) is 5.33. The average Bonchev–Trinajstić information content (AvgIpc) is 3.04. The first kappa shape index (κ1) is 11.4. The van der Waals surface area contributed by atoms with Crippen LogP contribution in [0.3, 0.4) is 0 Å². The van der Waals surface area contributed by atoms with Gasteiger partial charge in [-0.3, -0.25) is 4.68 Å². The van der Waals surface area contributed by atoms with Gasteiger partial charge in [-0.15, -0.1) is 11.3 Å². The van der Waals surface area contributed by atoms with Gasteiger partial charge in [0.1, 0.15) is 0 Å². The van der Waals surface area contributed by atoms with Crippen molar-refractivity contribution in [3.63, 3.8) is 0 Å². The van der Waals surface area contributed by atoms with Gasteiger partial charge >= 0.3 is 0 Å². The maximum Gasteiger partial charge on any atom is 0.0682 e. The van der Waals surface area contributed by atoms with Gasteiger partial charge < -0.3 is 5.32 Å². The molecule has 2 aromatic heterocycles. The maximum atomic E-state index is 4.41. The first-order chi connectivity index (χ1) is 8.93. The van der Waals surface area contributed by atoms with Crippen molar-refractivity contribution in [3.8, 4) is 0 Å². The zero-order chi connectivity index (χ0) is 12.2. The molecule has 3 rings (SSSR count). The lowest BCUT2D eigenvalue weighted by atomic mass is 10.2. The minimum Gasteiger partial charge on any atom is -0.310 e. The zero-order valence-electron chi connectivity index (χ0n) is 10.0. The Morgan fingerprint density at radius 2 is 2.11 bits per heavy atom. The van der Waals surface area contributed by atoms with Gasteiger partial charge in [0.15, 0.2) is 0 Å². The Bertz CT molecular complexity index is 613. The van der Waals surface area contributed by atoms with E-state index < -0.39 is 0 Å². The van der Waals surface area contributed by atoms with Crippen molar-refractivity contribution >= 4 is 22.2 Å². The van der Waals surface area contributed by atoms with Crippen LogP contribution < -0.4 is 5.32 Å². The fraction of sp³-hybridized carbons (Fsp3) is 0.214. The highest BCUT2D eigenvalue weighted by Gasteiger charge is 2.00. The molecule has 18 heavy (non-hydrogen) atoms. The lowest BCUT2D eigenvalue weighted by Crippen LogP contribution is -2.19. The van der Waals surface area contributed by atoms with Crippen LogP contribution in [0.2, 0.25) is 0 Å². The zero-order valence-corrected chi connectivity index (χ0v) is 10.9. The van der Waals surface area contributed by atoms with E-state index in [2.05, 4.69) is 50.8 Å². The molecule has 3 nitrogen and oxygen atoms in total. The normalized spacial score (nSPS) is 11.1. The van der Waals surface area contributed by atoms with Crippen LogP contribution in [-0.4, -0.2) is 16.3 Å². The number of benzene rings is 1. The van der Waals surface area contributed by atoms with Crippen LogP contribution in [0.15, 0.2) is 48.0 Å². The molecule has 0 fully saturated rings. The van der Waals surface area contributed by atoms with Crippen molar-refractivity contribution in [3.05, 3.63) is 52.9 Å². The highest BCUT2D eigenvalue weighted by Crippen LogP contribution is 2.12. The maximum absolute atomic E-state index is 4.41. The van der Waals surface area contributed by atoms with Crippen molar-refractivity contribution in [1.29, 1.82) is 0 Å². The van der Waals surface area contributed by atoms with Gasteiger partial charge in [0, 0.05) is 23.4 Å². The van der Waals surface area contributed by atoms with E-state index in [0.29, 0.717) is 0 Å². The van der Waals surface area contributed by atoms with Crippen LogP contribution in [0.4, 0.5) is 0 Å². The molecular formula is C14H15N3S. The average molecular weight is 257 g/mol. The van der Waals surface area contributed by atoms with Crippen molar-refractivity contribution in [2.75, 3.05) is 6.54 Å². The summed E-state index contributed by atoms with van der Waals surface area (Å²) in [7, 11) is 0. The Labute approximate surface area is 110 Å². The molecule has 0 amide bonds. The van der Waals surface area contributed by atoms with Gasteiger partial charge in [0.2, 0.25) is 0 Å². The van der Waals surface area contributed by atoms with Crippen LogP contribution in [-0.2, 0) is 13.1 Å². The summed E-state index contributed by atoms with van der Waals surface area (Å²) in [6.45, 7) is 2.78. The molecule has 0 bridgehead atoms. The van der Waals surface area contributed by atoms with E-state index in [4.69, 9.17) is 0 Å². The minimum atomic E-state index is 0.902. The predicted molar refractivity (Wildman–Crippen MR) is 75.8 cm³/mol. The topological polar surface area (TPSA) is 29.9 Å². The van der Waals surface area contributed by atoms with E-state index in [1.807, 2.05) is 12.3 Å². The number of hydrogen-bond donors (Lipinski definition) is 1. The van der Waals surface area contributed by atoms with Crippen LogP contribution in [0, 0.1) is 0 Å². The monoisotopic (exact) mass is 257 g/mol. The van der Waals surface area contributed by atoms with Crippen molar-refractivity contribution < 1.29 is 0 Å². The highest BCUT2D eigenvalue weighted by atomic mass is 32.1. The summed E-state index contributed by atoms with van der Waals surface area (Å²) < 4.78 is 2.05. The van der Waals surface area contributed by atoms with Gasteiger partial charge in [-0.05, 0) is 17.5 Å². The third-order valence-electron chi connectivity index (χ3n) is 2.93. The molecule has 0 aliphatic heterocycles. The van der Waals surface area contributed by atoms with Gasteiger partial charge in [-0.1, -0.05) is 24.3 Å². The van der Waals surface area contributed by atoms with E-state index in [1.165, 1.54) is 15.8 Å². The first-order valence-electron chi connectivity index (χ1n) is 6.07. The lowest BCUT2D eigenvalue weighted by Gasteiger charge is -2.05. The van der Waals surface area contributed by atoms with Crippen LogP contribution in [0.25, 0.3) is 10.9 Å². The molecule has 0 saturated carbocycles. The summed E-state index contributed by atoms with van der Waals surface area (Å²) in [5.41, 5.74) is 1.20. The standard InChI is InChI=1S/C14H15N3S/c1-2-6-14-12(4-1)10-16-17(14)8-7-15-11-13-5-3-9-18-13/h1-6,9-10,15H,7-8,11H2.